The summed E-state index contributed by atoms with van der Waals surface area (Å²) in [5.74, 6) is 1.85. The molecule has 10 aromatic carbocycles. The molecule has 0 aliphatic heterocycles. The number of aromatic nitrogens is 3. The van der Waals surface area contributed by atoms with E-state index in [1.54, 1.807) is 0 Å². The topological polar surface area (TPSA) is 38.7 Å². The molecule has 0 atom stereocenters. The monoisotopic (exact) mass is 865 g/mol. The van der Waals surface area contributed by atoms with Gasteiger partial charge in [0.1, 0.15) is 0 Å². The number of fused-ring (bicyclic) bond motifs is 6. The Kier molecular flexibility index (Phi) is 9.29. The lowest BCUT2D eigenvalue weighted by Gasteiger charge is -2.34. The van der Waals surface area contributed by atoms with E-state index < -0.39 is 10.8 Å². The van der Waals surface area contributed by atoms with E-state index in [4.69, 9.17) is 15.0 Å². The second-order valence-electron chi connectivity index (χ2n) is 17.8. The first kappa shape index (κ1) is 39.6. The summed E-state index contributed by atoms with van der Waals surface area (Å²) in [5.41, 5.74) is 18.5. The quantitative estimate of drug-likeness (QED) is 0.153. The van der Waals surface area contributed by atoms with E-state index in [1.807, 2.05) is 0 Å². The molecule has 3 heteroatoms. The highest BCUT2D eigenvalue weighted by Gasteiger charge is 2.47. The summed E-state index contributed by atoms with van der Waals surface area (Å²) < 4.78 is 0. The third-order valence-electron chi connectivity index (χ3n) is 14.3. The van der Waals surface area contributed by atoms with Gasteiger partial charge in [0.2, 0.25) is 0 Å². The molecule has 13 rings (SSSR count). The summed E-state index contributed by atoms with van der Waals surface area (Å²) in [5, 5.41) is 0. The van der Waals surface area contributed by atoms with Gasteiger partial charge in [0.25, 0.3) is 0 Å². The summed E-state index contributed by atoms with van der Waals surface area (Å²) in [6.45, 7) is 0. The molecular weight excluding hydrogens is 823 g/mol. The molecule has 0 amide bonds. The Morgan fingerprint density at radius 1 is 0.206 bits per heavy atom. The van der Waals surface area contributed by atoms with Gasteiger partial charge in [-0.25, -0.2) is 15.0 Å². The standard InChI is InChI=1S/C65H43N3/c1-6-21-44(22-7-1)45-23-20-24-46(41-45)61-66-62(47-37-39-55-53-33-16-18-35-57(53)64(59(55)42-47,49-25-8-2-9-26-49)50-27-10-3-11-28-50)68-63(67-61)48-38-40-56-54-34-17-19-36-58(54)65(60(56)43-48,51-29-12-4-13-30-51)52-31-14-5-15-32-52/h1-43H. The maximum Gasteiger partial charge on any atom is 0.164 e. The van der Waals surface area contributed by atoms with E-state index in [1.165, 1.54) is 66.8 Å². The summed E-state index contributed by atoms with van der Waals surface area (Å²) in [4.78, 5) is 16.3. The van der Waals surface area contributed by atoms with Crippen molar-refractivity contribution >= 4 is 0 Å². The van der Waals surface area contributed by atoms with E-state index in [-0.39, 0.29) is 0 Å². The number of nitrogens with zero attached hydrogens (tertiary/aromatic N) is 3. The highest BCUT2D eigenvalue weighted by Crippen LogP contribution is 2.58. The van der Waals surface area contributed by atoms with Gasteiger partial charge in [-0.1, -0.05) is 243 Å². The van der Waals surface area contributed by atoms with Crippen molar-refractivity contribution in [1.29, 1.82) is 0 Å². The van der Waals surface area contributed by atoms with Crippen LogP contribution in [0.15, 0.2) is 261 Å². The SMILES string of the molecule is c1ccc(-c2cccc(-c3nc(-c4ccc5c(c4)C(c4ccccc4)(c4ccccc4)c4ccccc4-5)nc(-c4ccc5c(c4)C(c4ccccc4)(c4ccccc4)c4ccccc4-5)n3)c2)cc1. The fraction of sp³-hybridized carbons (Fsp3) is 0.0308. The number of hydrogen-bond donors (Lipinski definition) is 0. The molecule has 11 aromatic rings. The maximum absolute atomic E-state index is 5.49. The number of hydrogen-bond acceptors (Lipinski definition) is 3. The van der Waals surface area contributed by atoms with Crippen LogP contribution in [0, 0.1) is 0 Å². The summed E-state index contributed by atoms with van der Waals surface area (Å²) in [6, 6.07) is 94.2. The van der Waals surface area contributed by atoms with Gasteiger partial charge in [-0.2, -0.15) is 0 Å². The van der Waals surface area contributed by atoms with Crippen LogP contribution in [-0.2, 0) is 10.8 Å². The molecule has 3 nitrogen and oxygen atoms in total. The van der Waals surface area contributed by atoms with Crippen LogP contribution in [0.3, 0.4) is 0 Å². The van der Waals surface area contributed by atoms with Gasteiger partial charge in [-0.15, -0.1) is 0 Å². The first-order chi connectivity index (χ1) is 33.7. The van der Waals surface area contributed by atoms with Crippen LogP contribution >= 0.6 is 0 Å². The van der Waals surface area contributed by atoms with Crippen molar-refractivity contribution < 1.29 is 0 Å². The molecule has 2 aliphatic rings. The number of rotatable bonds is 8. The van der Waals surface area contributed by atoms with Crippen molar-refractivity contribution in [3.63, 3.8) is 0 Å². The van der Waals surface area contributed by atoms with Crippen LogP contribution in [0.25, 0.3) is 67.5 Å². The predicted molar refractivity (Wildman–Crippen MR) is 276 cm³/mol. The largest absolute Gasteiger partial charge is 0.208 e. The zero-order chi connectivity index (χ0) is 45.1. The normalized spacial score (nSPS) is 13.5. The Labute approximate surface area is 396 Å². The van der Waals surface area contributed by atoms with Gasteiger partial charge in [-0.3, -0.25) is 0 Å². The third kappa shape index (κ3) is 6.02. The molecule has 0 bridgehead atoms. The second-order valence-corrected chi connectivity index (χ2v) is 17.8. The van der Waals surface area contributed by atoms with Crippen molar-refractivity contribution in [2.24, 2.45) is 0 Å². The summed E-state index contributed by atoms with van der Waals surface area (Å²) in [7, 11) is 0. The zero-order valence-electron chi connectivity index (χ0n) is 37.2. The molecule has 0 saturated heterocycles. The average Bonchev–Trinajstić information content (AvgIpc) is 3.90. The van der Waals surface area contributed by atoms with E-state index in [2.05, 4.69) is 261 Å². The van der Waals surface area contributed by atoms with E-state index in [0.29, 0.717) is 17.5 Å². The smallest absolute Gasteiger partial charge is 0.164 e. The van der Waals surface area contributed by atoms with E-state index >= 15 is 0 Å². The molecule has 0 spiro atoms. The van der Waals surface area contributed by atoms with Crippen molar-refractivity contribution in [2.45, 2.75) is 10.8 Å². The van der Waals surface area contributed by atoms with Crippen LogP contribution in [0.4, 0.5) is 0 Å². The fourth-order valence-electron chi connectivity index (χ4n) is 11.4. The zero-order valence-corrected chi connectivity index (χ0v) is 37.2. The molecule has 0 N–H and O–H groups in total. The maximum atomic E-state index is 5.49. The summed E-state index contributed by atoms with van der Waals surface area (Å²) >= 11 is 0. The van der Waals surface area contributed by atoms with Crippen molar-refractivity contribution in [2.75, 3.05) is 0 Å². The highest BCUT2D eigenvalue weighted by molar-refractivity contribution is 5.90. The lowest BCUT2D eigenvalue weighted by Crippen LogP contribution is -2.28. The minimum atomic E-state index is -0.569. The average molecular weight is 866 g/mol. The lowest BCUT2D eigenvalue weighted by molar-refractivity contribution is 0.768. The molecule has 2 aliphatic carbocycles. The van der Waals surface area contributed by atoms with Gasteiger partial charge in [0.15, 0.2) is 17.5 Å². The molecule has 1 aromatic heterocycles. The molecule has 0 radical (unpaired) electrons. The Morgan fingerprint density at radius 3 is 0.926 bits per heavy atom. The van der Waals surface area contributed by atoms with Crippen molar-refractivity contribution in [3.05, 3.63) is 305 Å². The minimum absolute atomic E-state index is 0.569. The van der Waals surface area contributed by atoms with Gasteiger partial charge in [0, 0.05) is 16.7 Å². The Morgan fingerprint density at radius 2 is 0.515 bits per heavy atom. The van der Waals surface area contributed by atoms with E-state index in [9.17, 15) is 0 Å². The van der Waals surface area contributed by atoms with Gasteiger partial charge in [0.05, 0.1) is 10.8 Å². The lowest BCUT2D eigenvalue weighted by atomic mass is 9.67. The Balaban J connectivity index is 1.06. The van der Waals surface area contributed by atoms with Crippen LogP contribution < -0.4 is 0 Å². The van der Waals surface area contributed by atoms with Crippen molar-refractivity contribution in [3.8, 4) is 67.5 Å². The molecule has 1 heterocycles. The van der Waals surface area contributed by atoms with E-state index in [0.717, 1.165) is 27.8 Å². The Hall–Kier alpha value is -8.79. The molecule has 68 heavy (non-hydrogen) atoms. The van der Waals surface area contributed by atoms with Gasteiger partial charge >= 0.3 is 0 Å². The van der Waals surface area contributed by atoms with Crippen LogP contribution in [0.2, 0.25) is 0 Å². The predicted octanol–water partition coefficient (Wildman–Crippen LogP) is 15.3. The van der Waals surface area contributed by atoms with Gasteiger partial charge in [-0.05, 0) is 96.1 Å². The molecule has 318 valence electrons. The van der Waals surface area contributed by atoms with Crippen molar-refractivity contribution in [1.82, 2.24) is 15.0 Å². The first-order valence-electron chi connectivity index (χ1n) is 23.3. The van der Waals surface area contributed by atoms with Crippen LogP contribution in [0.5, 0.6) is 0 Å². The van der Waals surface area contributed by atoms with Crippen LogP contribution in [-0.4, -0.2) is 15.0 Å². The molecule has 0 unspecified atom stereocenters. The van der Waals surface area contributed by atoms with Gasteiger partial charge < -0.3 is 0 Å². The minimum Gasteiger partial charge on any atom is -0.208 e. The fourth-order valence-corrected chi connectivity index (χ4v) is 11.4. The van der Waals surface area contributed by atoms with Crippen LogP contribution in [0.1, 0.15) is 44.5 Å². The number of benzene rings is 10. The first-order valence-corrected chi connectivity index (χ1v) is 23.3. The molecular formula is C65H43N3. The molecule has 0 fully saturated rings. The molecule has 0 saturated carbocycles. The second kappa shape index (κ2) is 16.0. The Bertz CT molecular complexity index is 3380. The third-order valence-corrected chi connectivity index (χ3v) is 14.3. The summed E-state index contributed by atoms with van der Waals surface area (Å²) in [6.07, 6.45) is 0. The highest BCUT2D eigenvalue weighted by atomic mass is 15.0.